The zero-order valence-electron chi connectivity index (χ0n) is 16.1. The molecule has 1 fully saturated rings. The van der Waals surface area contributed by atoms with Gasteiger partial charge in [0.15, 0.2) is 0 Å². The van der Waals surface area contributed by atoms with Crippen molar-refractivity contribution in [2.24, 2.45) is 5.92 Å². The summed E-state index contributed by atoms with van der Waals surface area (Å²) in [5.41, 5.74) is 0.490. The van der Waals surface area contributed by atoms with Crippen molar-refractivity contribution in [2.45, 2.75) is 12.8 Å². The Hall–Kier alpha value is -2.97. The van der Waals surface area contributed by atoms with Crippen molar-refractivity contribution in [1.29, 1.82) is 0 Å². The predicted molar refractivity (Wildman–Crippen MR) is 111 cm³/mol. The van der Waals surface area contributed by atoms with Gasteiger partial charge in [0, 0.05) is 19.2 Å². The second kappa shape index (κ2) is 9.23. The van der Waals surface area contributed by atoms with Crippen molar-refractivity contribution in [3.8, 4) is 17.3 Å². The molecule has 9 heteroatoms. The number of nitrogens with one attached hydrogen (secondary N) is 1. The van der Waals surface area contributed by atoms with Crippen LogP contribution in [0.15, 0.2) is 53.6 Å². The molecule has 0 radical (unpaired) electrons. The van der Waals surface area contributed by atoms with Gasteiger partial charge in [0.1, 0.15) is 16.6 Å². The van der Waals surface area contributed by atoms with Crippen LogP contribution in [0.4, 0.5) is 10.1 Å². The van der Waals surface area contributed by atoms with Crippen molar-refractivity contribution >= 4 is 17.3 Å². The minimum absolute atomic E-state index is 0.0633. The Kier molecular flexibility index (Phi) is 6.25. The molecular formula is C21H20ClFN4O3. The van der Waals surface area contributed by atoms with Gasteiger partial charge in [-0.3, -0.25) is 4.79 Å². The fourth-order valence-corrected chi connectivity index (χ4v) is 3.34. The second-order valence-electron chi connectivity index (χ2n) is 6.96. The number of hydrogen-bond acceptors (Lipinski definition) is 6. The van der Waals surface area contributed by atoms with Crippen LogP contribution in [-0.2, 0) is 4.74 Å². The van der Waals surface area contributed by atoms with Crippen LogP contribution >= 0.6 is 11.6 Å². The van der Waals surface area contributed by atoms with Crippen molar-refractivity contribution in [3.63, 3.8) is 0 Å². The molecule has 156 valence electrons. The highest BCUT2D eigenvalue weighted by molar-refractivity contribution is 6.32. The number of benzene rings is 1. The Balaban J connectivity index is 1.46. The molecule has 3 heterocycles. The molecule has 2 aromatic heterocycles. The fourth-order valence-electron chi connectivity index (χ4n) is 3.14. The standard InChI is InChI=1S/C21H20ClFN4O3/c22-20-18(24-10-14-2-1-9-29-13-14)12-26-27(21(20)28)16-5-8-19(25-11-16)30-17-6-3-15(23)4-7-17/h3-8,11-12,14,24H,1-2,9-10,13H2/t14-/m1/s1. The van der Waals surface area contributed by atoms with Crippen LogP contribution in [0.2, 0.25) is 5.02 Å². The van der Waals surface area contributed by atoms with E-state index in [1.165, 1.54) is 41.3 Å². The van der Waals surface area contributed by atoms with Gasteiger partial charge in [-0.1, -0.05) is 11.6 Å². The number of rotatable bonds is 6. The Morgan fingerprint density at radius 3 is 2.77 bits per heavy atom. The summed E-state index contributed by atoms with van der Waals surface area (Å²) in [5, 5.41) is 7.46. The zero-order chi connectivity index (χ0) is 20.9. The molecule has 0 bridgehead atoms. The van der Waals surface area contributed by atoms with Gasteiger partial charge in [-0.25, -0.2) is 9.37 Å². The Labute approximate surface area is 177 Å². The lowest BCUT2D eigenvalue weighted by Crippen LogP contribution is -2.26. The molecule has 7 nitrogen and oxygen atoms in total. The van der Waals surface area contributed by atoms with Crippen LogP contribution in [0.1, 0.15) is 12.8 Å². The van der Waals surface area contributed by atoms with Gasteiger partial charge < -0.3 is 14.8 Å². The minimum Gasteiger partial charge on any atom is -0.439 e. The molecule has 1 aliphatic rings. The van der Waals surface area contributed by atoms with Crippen LogP contribution in [0, 0.1) is 11.7 Å². The van der Waals surface area contributed by atoms with Crippen LogP contribution in [0.3, 0.4) is 0 Å². The van der Waals surface area contributed by atoms with E-state index in [4.69, 9.17) is 21.1 Å². The largest absolute Gasteiger partial charge is 0.439 e. The van der Waals surface area contributed by atoms with Gasteiger partial charge in [0.2, 0.25) is 5.88 Å². The Morgan fingerprint density at radius 1 is 1.23 bits per heavy atom. The average Bonchev–Trinajstić information content (AvgIpc) is 2.78. The zero-order valence-corrected chi connectivity index (χ0v) is 16.8. The number of pyridine rings is 1. The molecule has 1 aromatic carbocycles. The van der Waals surface area contributed by atoms with Crippen LogP contribution in [0.25, 0.3) is 5.69 Å². The topological polar surface area (TPSA) is 78.3 Å². The summed E-state index contributed by atoms with van der Waals surface area (Å²) in [5.74, 6) is 0.791. The monoisotopic (exact) mass is 430 g/mol. The predicted octanol–water partition coefficient (Wildman–Crippen LogP) is 4.05. The number of halogens is 2. The summed E-state index contributed by atoms with van der Waals surface area (Å²) < 4.78 is 25.2. The molecule has 0 spiro atoms. The lowest BCUT2D eigenvalue weighted by Gasteiger charge is -2.22. The second-order valence-corrected chi connectivity index (χ2v) is 7.34. The average molecular weight is 431 g/mol. The molecule has 1 atom stereocenters. The lowest BCUT2D eigenvalue weighted by atomic mass is 10.0. The molecule has 30 heavy (non-hydrogen) atoms. The van der Waals surface area contributed by atoms with Gasteiger partial charge in [-0.05, 0) is 49.1 Å². The summed E-state index contributed by atoms with van der Waals surface area (Å²) >= 11 is 6.27. The summed E-state index contributed by atoms with van der Waals surface area (Å²) in [7, 11) is 0. The quantitative estimate of drug-likeness (QED) is 0.635. The first-order chi connectivity index (χ1) is 14.6. The lowest BCUT2D eigenvalue weighted by molar-refractivity contribution is 0.0595. The van der Waals surface area contributed by atoms with Gasteiger partial charge in [0.25, 0.3) is 5.56 Å². The molecular weight excluding hydrogens is 411 g/mol. The van der Waals surface area contributed by atoms with E-state index in [-0.39, 0.29) is 10.8 Å². The first-order valence-corrected chi connectivity index (χ1v) is 9.97. The minimum atomic E-state index is -0.449. The van der Waals surface area contributed by atoms with Gasteiger partial charge in [0.05, 0.1) is 30.4 Å². The number of ether oxygens (including phenoxy) is 2. The van der Waals surface area contributed by atoms with Gasteiger partial charge in [-0.15, -0.1) is 0 Å². The molecule has 0 amide bonds. The third kappa shape index (κ3) is 4.77. The third-order valence-corrected chi connectivity index (χ3v) is 5.12. The van der Waals surface area contributed by atoms with E-state index in [1.807, 2.05) is 0 Å². The maximum absolute atomic E-state index is 13.0. The highest BCUT2D eigenvalue weighted by atomic mass is 35.5. The summed E-state index contributed by atoms with van der Waals surface area (Å²) in [4.78, 5) is 16.8. The molecule has 3 aromatic rings. The molecule has 1 aliphatic heterocycles. The van der Waals surface area contributed by atoms with E-state index < -0.39 is 5.56 Å². The summed E-state index contributed by atoms with van der Waals surface area (Å²) in [6.07, 6.45) is 5.09. The molecule has 0 unspecified atom stereocenters. The maximum Gasteiger partial charge on any atom is 0.292 e. The normalized spacial score (nSPS) is 16.3. The first-order valence-electron chi connectivity index (χ1n) is 9.59. The van der Waals surface area contributed by atoms with Crippen LogP contribution < -0.4 is 15.6 Å². The SMILES string of the molecule is O=c1c(Cl)c(NC[C@H]2CCCOC2)cnn1-c1ccc(Oc2ccc(F)cc2)nc1. The smallest absolute Gasteiger partial charge is 0.292 e. The maximum atomic E-state index is 13.0. The molecule has 4 rings (SSSR count). The number of hydrogen-bond donors (Lipinski definition) is 1. The van der Waals surface area contributed by atoms with Crippen LogP contribution in [-0.4, -0.2) is 34.5 Å². The third-order valence-electron chi connectivity index (χ3n) is 4.76. The van der Waals surface area contributed by atoms with Gasteiger partial charge in [-0.2, -0.15) is 9.78 Å². The van der Waals surface area contributed by atoms with E-state index in [1.54, 1.807) is 12.1 Å². The molecule has 0 saturated carbocycles. The molecule has 1 saturated heterocycles. The Bertz CT molecular complexity index is 1050. The number of aromatic nitrogens is 3. The first kappa shape index (κ1) is 20.3. The number of nitrogens with zero attached hydrogens (tertiary/aromatic N) is 3. The molecule has 1 N–H and O–H groups in total. The summed E-state index contributed by atoms with van der Waals surface area (Å²) in [6, 6.07) is 8.83. The van der Waals surface area contributed by atoms with Crippen molar-refractivity contribution in [1.82, 2.24) is 14.8 Å². The highest BCUT2D eigenvalue weighted by Gasteiger charge is 2.16. The van der Waals surface area contributed by atoms with E-state index in [2.05, 4.69) is 15.4 Å². The molecule has 0 aliphatic carbocycles. The van der Waals surface area contributed by atoms with E-state index in [9.17, 15) is 9.18 Å². The van der Waals surface area contributed by atoms with Gasteiger partial charge >= 0.3 is 0 Å². The van der Waals surface area contributed by atoms with Crippen molar-refractivity contribution in [2.75, 3.05) is 25.1 Å². The van der Waals surface area contributed by atoms with Crippen molar-refractivity contribution in [3.05, 3.63) is 70.0 Å². The highest BCUT2D eigenvalue weighted by Crippen LogP contribution is 2.22. The number of anilines is 1. The van der Waals surface area contributed by atoms with Crippen molar-refractivity contribution < 1.29 is 13.9 Å². The summed E-state index contributed by atoms with van der Waals surface area (Å²) in [6.45, 7) is 2.17. The Morgan fingerprint density at radius 2 is 2.07 bits per heavy atom. The van der Waals surface area contributed by atoms with E-state index in [0.29, 0.717) is 42.1 Å². The van der Waals surface area contributed by atoms with Crippen LogP contribution in [0.5, 0.6) is 11.6 Å². The van der Waals surface area contributed by atoms with E-state index >= 15 is 0 Å². The van der Waals surface area contributed by atoms with E-state index in [0.717, 1.165) is 19.4 Å². The fraction of sp³-hybridized carbons (Fsp3) is 0.286.